The first-order chi connectivity index (χ1) is 24.9. The molecule has 278 valence electrons. The van der Waals surface area contributed by atoms with Gasteiger partial charge in [0.25, 0.3) is 7.37 Å². The van der Waals surface area contributed by atoms with Crippen molar-refractivity contribution in [2.75, 3.05) is 24.8 Å². The molecular weight excluding hydrogens is 659 g/mol. The van der Waals surface area contributed by atoms with Gasteiger partial charge in [-0.15, -0.1) is 0 Å². The summed E-state index contributed by atoms with van der Waals surface area (Å²) < 4.78 is 28.7. The fourth-order valence-electron chi connectivity index (χ4n) is 6.19. The summed E-state index contributed by atoms with van der Waals surface area (Å²) in [4.78, 5) is 25.2. The predicted octanol–water partition coefficient (Wildman–Crippen LogP) is 9.83. The number of hydrogen-bond acceptors (Lipinski definition) is 8. The van der Waals surface area contributed by atoms with Crippen LogP contribution in [0.1, 0.15) is 110 Å². The van der Waals surface area contributed by atoms with E-state index in [1.807, 2.05) is 54.0 Å². The van der Waals surface area contributed by atoms with Gasteiger partial charge in [-0.3, -0.25) is 9.36 Å². The van der Waals surface area contributed by atoms with Crippen molar-refractivity contribution >= 4 is 41.0 Å². The van der Waals surface area contributed by atoms with E-state index in [1.165, 1.54) is 64.1 Å². The van der Waals surface area contributed by atoms with Crippen LogP contribution in [0.15, 0.2) is 67.3 Å². The largest absolute Gasteiger partial charge is 0.441 e. The Morgan fingerprint density at radius 2 is 1.61 bits per heavy atom. The zero-order valence-electron chi connectivity index (χ0n) is 30.8. The van der Waals surface area contributed by atoms with Crippen LogP contribution >= 0.6 is 7.37 Å². The summed E-state index contributed by atoms with van der Waals surface area (Å²) in [5.74, 6) is 0.924. The van der Waals surface area contributed by atoms with E-state index in [4.69, 9.17) is 15.0 Å². The lowest BCUT2D eigenvalue weighted by atomic mass is 10.1. The zero-order chi connectivity index (χ0) is 36.2. The molecule has 10 nitrogen and oxygen atoms in total. The van der Waals surface area contributed by atoms with Crippen molar-refractivity contribution in [3.63, 3.8) is 0 Å². The van der Waals surface area contributed by atoms with Crippen LogP contribution in [0.2, 0.25) is 0 Å². The van der Waals surface area contributed by atoms with E-state index in [9.17, 15) is 9.36 Å². The van der Waals surface area contributed by atoms with Gasteiger partial charge in [-0.1, -0.05) is 107 Å². The molecule has 0 aliphatic heterocycles. The van der Waals surface area contributed by atoms with Crippen LogP contribution in [0.4, 0.5) is 5.82 Å². The maximum absolute atomic E-state index is 14.3. The number of nitrogen functional groups attached to an aromatic ring is 1. The topological polar surface area (TPSA) is 134 Å². The number of nitrogens with one attached hydrogen (secondary N) is 1. The van der Waals surface area contributed by atoms with Crippen LogP contribution < -0.4 is 15.6 Å². The number of anilines is 1. The number of rotatable bonds is 26. The molecule has 2 heterocycles. The number of nitrogens with zero attached hydrogens (tertiary/aromatic N) is 4. The highest BCUT2D eigenvalue weighted by atomic mass is 31.2. The van der Waals surface area contributed by atoms with E-state index in [0.717, 1.165) is 36.5 Å². The van der Waals surface area contributed by atoms with Crippen LogP contribution in [0.3, 0.4) is 0 Å². The molecule has 2 aromatic carbocycles. The third-order valence-electron chi connectivity index (χ3n) is 9.12. The van der Waals surface area contributed by atoms with Crippen molar-refractivity contribution in [1.82, 2.24) is 24.8 Å². The quantitative estimate of drug-likeness (QED) is 0.0372. The van der Waals surface area contributed by atoms with Crippen molar-refractivity contribution in [3.05, 3.63) is 67.3 Å². The number of unbranched alkanes of at least 4 members (excludes halogenated alkanes) is 11. The SMILES string of the molecule is CCCCCCCC/C=C\CCCCCCCC(=O)NCCCP(=O)(CO[C@H](C)Cn1cnc2c(N)ncnc21)Oc1cccc2ccccc12. The third kappa shape index (κ3) is 14.1. The monoisotopic (exact) mass is 718 g/mol. The summed E-state index contributed by atoms with van der Waals surface area (Å²) in [5.41, 5.74) is 7.09. The van der Waals surface area contributed by atoms with Crippen molar-refractivity contribution in [2.24, 2.45) is 0 Å². The first-order valence-corrected chi connectivity index (χ1v) is 21.1. The molecule has 1 unspecified atom stereocenters. The lowest BCUT2D eigenvalue weighted by Gasteiger charge is -2.23. The molecule has 0 saturated heterocycles. The van der Waals surface area contributed by atoms with Crippen LogP contribution in [0.25, 0.3) is 21.9 Å². The normalized spacial score (nSPS) is 13.5. The van der Waals surface area contributed by atoms with Crippen LogP contribution in [0, 0.1) is 0 Å². The van der Waals surface area contributed by atoms with Gasteiger partial charge in [-0.05, 0) is 56.9 Å². The minimum absolute atomic E-state index is 0.0410. The Hall–Kier alpha value is -3.75. The number of benzene rings is 2. The number of ether oxygens (including phenoxy) is 1. The van der Waals surface area contributed by atoms with Crippen LogP contribution in [-0.4, -0.2) is 50.6 Å². The Bertz CT molecular complexity index is 1690. The smallest absolute Gasteiger partial charge is 0.272 e. The highest BCUT2D eigenvalue weighted by Gasteiger charge is 2.27. The Morgan fingerprint density at radius 3 is 2.39 bits per heavy atom. The molecule has 4 rings (SSSR count). The lowest BCUT2D eigenvalue weighted by Crippen LogP contribution is -2.25. The number of carbonyl (C=O) groups excluding carboxylic acids is 1. The average Bonchev–Trinajstić information content (AvgIpc) is 3.54. The molecule has 0 saturated carbocycles. The van der Waals surface area contributed by atoms with E-state index >= 15 is 0 Å². The van der Waals surface area contributed by atoms with Crippen molar-refractivity contribution in [3.8, 4) is 5.75 Å². The van der Waals surface area contributed by atoms with Crippen LogP contribution in [0.5, 0.6) is 5.75 Å². The summed E-state index contributed by atoms with van der Waals surface area (Å²) in [6, 6.07) is 13.6. The Kier molecular flexibility index (Phi) is 17.5. The lowest BCUT2D eigenvalue weighted by molar-refractivity contribution is -0.121. The van der Waals surface area contributed by atoms with Gasteiger partial charge in [-0.2, -0.15) is 0 Å². The molecule has 3 N–H and O–H groups in total. The van der Waals surface area contributed by atoms with Crippen molar-refractivity contribution in [2.45, 2.75) is 123 Å². The molecule has 1 amide bonds. The van der Waals surface area contributed by atoms with Gasteiger partial charge in [0.15, 0.2) is 11.5 Å². The molecule has 0 aliphatic carbocycles. The molecule has 0 radical (unpaired) electrons. The second-order valence-electron chi connectivity index (χ2n) is 13.6. The summed E-state index contributed by atoms with van der Waals surface area (Å²) in [6.45, 7) is 5.04. The molecule has 0 spiro atoms. The van der Waals surface area contributed by atoms with Crippen molar-refractivity contribution in [1.29, 1.82) is 0 Å². The number of amides is 1. The van der Waals surface area contributed by atoms with Gasteiger partial charge < -0.3 is 24.9 Å². The summed E-state index contributed by atoms with van der Waals surface area (Å²) >= 11 is 0. The number of imidazole rings is 1. The maximum Gasteiger partial charge on any atom is 0.272 e. The molecule has 11 heteroatoms. The summed E-state index contributed by atoms with van der Waals surface area (Å²) in [5, 5.41) is 4.92. The third-order valence-corrected chi connectivity index (χ3v) is 11.2. The first kappa shape index (κ1) is 40.0. The highest BCUT2D eigenvalue weighted by Crippen LogP contribution is 2.49. The van der Waals surface area contributed by atoms with Crippen molar-refractivity contribution < 1.29 is 18.6 Å². The second-order valence-corrected chi connectivity index (χ2v) is 16.1. The van der Waals surface area contributed by atoms with E-state index in [-0.39, 0.29) is 24.5 Å². The second kappa shape index (κ2) is 22.2. The fourth-order valence-corrected chi connectivity index (χ4v) is 8.10. The summed E-state index contributed by atoms with van der Waals surface area (Å²) in [7, 11) is -3.31. The van der Waals surface area contributed by atoms with Gasteiger partial charge in [0.1, 0.15) is 23.9 Å². The molecule has 0 aliphatic rings. The van der Waals surface area contributed by atoms with E-state index in [0.29, 0.717) is 48.7 Å². The molecule has 51 heavy (non-hydrogen) atoms. The van der Waals surface area contributed by atoms with Gasteiger partial charge in [-0.25, -0.2) is 15.0 Å². The Morgan fingerprint density at radius 1 is 0.902 bits per heavy atom. The van der Waals surface area contributed by atoms with Gasteiger partial charge in [0.05, 0.1) is 19.0 Å². The highest BCUT2D eigenvalue weighted by molar-refractivity contribution is 7.59. The molecule has 2 atom stereocenters. The molecule has 2 aromatic heterocycles. The minimum atomic E-state index is -3.31. The number of fused-ring (bicyclic) bond motifs is 2. The molecular formula is C40H59N6O4P. The molecule has 0 fully saturated rings. The van der Waals surface area contributed by atoms with E-state index < -0.39 is 7.37 Å². The number of allylic oxidation sites excluding steroid dienone is 2. The van der Waals surface area contributed by atoms with Gasteiger partial charge in [0, 0.05) is 24.5 Å². The van der Waals surface area contributed by atoms with E-state index in [1.54, 1.807) is 6.33 Å². The number of aromatic nitrogens is 4. The van der Waals surface area contributed by atoms with E-state index in [2.05, 4.69) is 39.3 Å². The van der Waals surface area contributed by atoms with Gasteiger partial charge in [0.2, 0.25) is 5.91 Å². The summed E-state index contributed by atoms with van der Waals surface area (Å²) in [6.07, 6.45) is 24.7. The standard InChI is InChI=1S/C40H59N6O4P/c1-3-4-5-6-7-8-9-10-11-12-13-14-15-16-17-26-37(47)42-27-21-28-51(48,50-36-25-20-23-34-22-18-19-24-35(34)36)32-49-33(2)29-46-31-45-38-39(41)43-30-44-40(38)46/h10-11,18-20,22-25,30-31,33H,3-9,12-17,21,26-29,32H2,1-2H3,(H,42,47)(H2,41,43,44)/b11-10-/t33-,51?/m1/s1. The fraction of sp³-hybridized carbons (Fsp3) is 0.550. The number of carbonyl (C=O) groups is 1. The van der Waals surface area contributed by atoms with Crippen LogP contribution in [-0.2, 0) is 20.6 Å². The first-order valence-electron chi connectivity index (χ1n) is 19.1. The molecule has 0 bridgehead atoms. The molecule has 4 aromatic rings. The average molecular weight is 719 g/mol. The predicted molar refractivity (Wildman–Crippen MR) is 209 cm³/mol. The number of hydrogen-bond donors (Lipinski definition) is 2. The minimum Gasteiger partial charge on any atom is -0.441 e. The maximum atomic E-state index is 14.3. The van der Waals surface area contributed by atoms with Gasteiger partial charge >= 0.3 is 0 Å². The Labute approximate surface area is 304 Å². The number of nitrogens with two attached hydrogens (primary N) is 1. The zero-order valence-corrected chi connectivity index (χ0v) is 31.7. The Balaban J connectivity index is 1.17.